The topological polar surface area (TPSA) is 61.9 Å². The van der Waals surface area contributed by atoms with Crippen LogP contribution in [-0.4, -0.2) is 33.7 Å². The fourth-order valence-corrected chi connectivity index (χ4v) is 1.93. The van der Waals surface area contributed by atoms with Gasteiger partial charge in [0.2, 0.25) is 0 Å². The molecule has 0 radical (unpaired) electrons. The highest BCUT2D eigenvalue weighted by Gasteiger charge is 2.15. The van der Waals surface area contributed by atoms with Gasteiger partial charge in [0.05, 0.1) is 29.9 Å². The molecule has 0 aliphatic heterocycles. The molecule has 0 aliphatic rings. The molecular formula is C15H16N4O. The van der Waals surface area contributed by atoms with E-state index in [1.54, 1.807) is 22.0 Å². The second-order valence-electron chi connectivity index (χ2n) is 4.30. The van der Waals surface area contributed by atoms with Crippen molar-refractivity contribution in [3.63, 3.8) is 0 Å². The fourth-order valence-electron chi connectivity index (χ4n) is 1.93. The monoisotopic (exact) mass is 268 g/mol. The lowest BCUT2D eigenvalue weighted by molar-refractivity contribution is 0.0768. The zero-order chi connectivity index (χ0) is 14.4. The van der Waals surface area contributed by atoms with Crippen LogP contribution >= 0.6 is 0 Å². The average molecular weight is 268 g/mol. The molecule has 0 saturated heterocycles. The predicted molar refractivity (Wildman–Crippen MR) is 75.4 cm³/mol. The van der Waals surface area contributed by atoms with Crippen LogP contribution in [0.15, 0.2) is 42.7 Å². The lowest BCUT2D eigenvalue weighted by Crippen LogP contribution is -2.31. The molecule has 0 unspecified atom stereocenters. The molecule has 1 amide bonds. The van der Waals surface area contributed by atoms with Crippen molar-refractivity contribution in [2.45, 2.75) is 13.3 Å². The smallest absolute Gasteiger partial charge is 0.257 e. The number of nitrogens with zero attached hydrogens (tertiary/aromatic N) is 4. The van der Waals surface area contributed by atoms with Crippen molar-refractivity contribution in [2.24, 2.45) is 0 Å². The van der Waals surface area contributed by atoms with Gasteiger partial charge in [-0.3, -0.25) is 4.79 Å². The number of nitriles is 1. The maximum absolute atomic E-state index is 12.3. The number of hydrogen-bond donors (Lipinski definition) is 0. The minimum atomic E-state index is -0.0927. The second kappa shape index (κ2) is 6.53. The summed E-state index contributed by atoms with van der Waals surface area (Å²) in [6.07, 6.45) is 3.61. The van der Waals surface area contributed by atoms with Gasteiger partial charge in [-0.05, 0) is 19.1 Å². The van der Waals surface area contributed by atoms with E-state index in [4.69, 9.17) is 5.26 Å². The Hall–Kier alpha value is -2.61. The van der Waals surface area contributed by atoms with E-state index in [0.717, 1.165) is 5.69 Å². The summed E-state index contributed by atoms with van der Waals surface area (Å²) in [5.74, 6) is -0.0927. The van der Waals surface area contributed by atoms with Gasteiger partial charge in [-0.15, -0.1) is 0 Å². The molecule has 2 rings (SSSR count). The van der Waals surface area contributed by atoms with Crippen LogP contribution in [0.1, 0.15) is 23.7 Å². The summed E-state index contributed by atoms with van der Waals surface area (Å²) in [6.45, 7) is 2.93. The Balaban J connectivity index is 2.16. The average Bonchev–Trinajstić information content (AvgIpc) is 2.98. The van der Waals surface area contributed by atoms with E-state index in [9.17, 15) is 4.79 Å². The Labute approximate surface area is 118 Å². The van der Waals surface area contributed by atoms with Gasteiger partial charge in [-0.2, -0.15) is 10.4 Å². The lowest BCUT2D eigenvalue weighted by Gasteiger charge is -2.18. The molecule has 0 bridgehead atoms. The zero-order valence-corrected chi connectivity index (χ0v) is 11.4. The van der Waals surface area contributed by atoms with Gasteiger partial charge in [0, 0.05) is 19.3 Å². The summed E-state index contributed by atoms with van der Waals surface area (Å²) < 4.78 is 1.67. The van der Waals surface area contributed by atoms with Crippen LogP contribution in [0, 0.1) is 11.3 Å². The Morgan fingerprint density at radius 2 is 2.15 bits per heavy atom. The minimum absolute atomic E-state index is 0.0927. The van der Waals surface area contributed by atoms with E-state index < -0.39 is 0 Å². The first-order chi connectivity index (χ1) is 9.76. The van der Waals surface area contributed by atoms with Crippen LogP contribution in [0.2, 0.25) is 0 Å². The summed E-state index contributed by atoms with van der Waals surface area (Å²) in [4.78, 5) is 13.9. The van der Waals surface area contributed by atoms with Crippen molar-refractivity contribution >= 4 is 5.91 Å². The molecule has 0 aliphatic carbocycles. The number of para-hydroxylation sites is 1. The number of carbonyl (C=O) groups excluding carboxylic acids is 1. The first kappa shape index (κ1) is 13.8. The molecule has 0 fully saturated rings. The predicted octanol–water partition coefficient (Wildman–Crippen LogP) is 2.25. The molecule has 0 saturated carbocycles. The van der Waals surface area contributed by atoms with Crippen LogP contribution in [0.25, 0.3) is 5.69 Å². The van der Waals surface area contributed by atoms with E-state index in [-0.39, 0.29) is 5.91 Å². The molecular weight excluding hydrogens is 252 g/mol. The van der Waals surface area contributed by atoms with Gasteiger partial charge >= 0.3 is 0 Å². The van der Waals surface area contributed by atoms with Gasteiger partial charge < -0.3 is 4.90 Å². The molecule has 102 valence electrons. The third-order valence-electron chi connectivity index (χ3n) is 3.01. The lowest BCUT2D eigenvalue weighted by atomic mass is 10.3. The van der Waals surface area contributed by atoms with Crippen molar-refractivity contribution in [1.29, 1.82) is 5.26 Å². The highest BCUT2D eigenvalue weighted by Crippen LogP contribution is 2.10. The number of benzene rings is 1. The van der Waals surface area contributed by atoms with Crippen molar-refractivity contribution in [2.75, 3.05) is 13.1 Å². The van der Waals surface area contributed by atoms with Crippen molar-refractivity contribution in [3.05, 3.63) is 48.3 Å². The maximum Gasteiger partial charge on any atom is 0.257 e. The zero-order valence-electron chi connectivity index (χ0n) is 11.4. The van der Waals surface area contributed by atoms with Crippen LogP contribution in [0.3, 0.4) is 0 Å². The number of aromatic nitrogens is 2. The second-order valence-corrected chi connectivity index (χ2v) is 4.30. The Kier molecular flexibility index (Phi) is 4.51. The van der Waals surface area contributed by atoms with Crippen LogP contribution in [0.5, 0.6) is 0 Å². The highest BCUT2D eigenvalue weighted by molar-refractivity contribution is 5.93. The Bertz CT molecular complexity index is 612. The van der Waals surface area contributed by atoms with Gasteiger partial charge in [0.1, 0.15) is 0 Å². The third-order valence-corrected chi connectivity index (χ3v) is 3.01. The normalized spacial score (nSPS) is 10.0. The molecule has 1 aromatic carbocycles. The summed E-state index contributed by atoms with van der Waals surface area (Å²) in [6, 6.07) is 11.7. The summed E-state index contributed by atoms with van der Waals surface area (Å²) in [5, 5.41) is 12.8. The molecule has 20 heavy (non-hydrogen) atoms. The quantitative estimate of drug-likeness (QED) is 0.835. The molecule has 1 aromatic heterocycles. The van der Waals surface area contributed by atoms with Crippen LogP contribution < -0.4 is 0 Å². The summed E-state index contributed by atoms with van der Waals surface area (Å²) >= 11 is 0. The number of carbonyl (C=O) groups is 1. The number of amides is 1. The van der Waals surface area contributed by atoms with Gasteiger partial charge in [-0.1, -0.05) is 18.2 Å². The first-order valence-electron chi connectivity index (χ1n) is 6.52. The maximum atomic E-state index is 12.3. The van der Waals surface area contributed by atoms with E-state index in [2.05, 4.69) is 11.2 Å². The SMILES string of the molecule is CCN(CCC#N)C(=O)c1cnn(-c2ccccc2)c1. The van der Waals surface area contributed by atoms with Gasteiger partial charge in [0.25, 0.3) is 5.91 Å². The standard InChI is InChI=1S/C15H16N4O/c1-2-18(10-6-9-16)15(20)13-11-17-19(12-13)14-7-4-3-5-8-14/h3-5,7-8,11-12H,2,6,10H2,1H3. The number of rotatable bonds is 5. The van der Waals surface area contributed by atoms with E-state index in [1.165, 1.54) is 0 Å². The van der Waals surface area contributed by atoms with E-state index in [1.807, 2.05) is 37.3 Å². The Morgan fingerprint density at radius 1 is 1.40 bits per heavy atom. The van der Waals surface area contributed by atoms with Crippen LogP contribution in [-0.2, 0) is 0 Å². The van der Waals surface area contributed by atoms with Crippen LogP contribution in [0.4, 0.5) is 0 Å². The van der Waals surface area contributed by atoms with Crippen molar-refractivity contribution in [1.82, 2.24) is 14.7 Å². The van der Waals surface area contributed by atoms with E-state index in [0.29, 0.717) is 25.1 Å². The molecule has 0 spiro atoms. The highest BCUT2D eigenvalue weighted by atomic mass is 16.2. The Morgan fingerprint density at radius 3 is 2.80 bits per heavy atom. The fraction of sp³-hybridized carbons (Fsp3) is 0.267. The molecule has 5 heteroatoms. The minimum Gasteiger partial charge on any atom is -0.338 e. The van der Waals surface area contributed by atoms with Gasteiger partial charge in [-0.25, -0.2) is 4.68 Å². The molecule has 2 aromatic rings. The van der Waals surface area contributed by atoms with E-state index >= 15 is 0 Å². The molecule has 0 N–H and O–H groups in total. The first-order valence-corrected chi connectivity index (χ1v) is 6.52. The molecule has 1 heterocycles. The largest absolute Gasteiger partial charge is 0.338 e. The van der Waals surface area contributed by atoms with Crippen molar-refractivity contribution in [3.8, 4) is 11.8 Å². The van der Waals surface area contributed by atoms with Crippen molar-refractivity contribution < 1.29 is 4.79 Å². The third kappa shape index (κ3) is 3.04. The van der Waals surface area contributed by atoms with Gasteiger partial charge in [0.15, 0.2) is 0 Å². The summed E-state index contributed by atoms with van der Waals surface area (Å²) in [5.41, 5.74) is 1.44. The molecule has 0 atom stereocenters. The number of hydrogen-bond acceptors (Lipinski definition) is 3. The summed E-state index contributed by atoms with van der Waals surface area (Å²) in [7, 11) is 0. The molecule has 5 nitrogen and oxygen atoms in total.